The standard InChI is InChI=1S/C22H25F3N2O3/c1-15(2)14-30-18-6-3-16(4-7-18)21(28)26-19-13-17(22(23,24)25)5-8-20(19)27-9-11-29-12-10-27/h3-8,13,15H,9-12,14H2,1-2H3,(H,26,28). The van der Waals surface area contributed by atoms with Crippen molar-refractivity contribution in [1.82, 2.24) is 0 Å². The molecule has 1 fully saturated rings. The molecule has 1 heterocycles. The first-order valence-corrected chi connectivity index (χ1v) is 9.82. The van der Waals surface area contributed by atoms with Gasteiger partial charge in [0.2, 0.25) is 0 Å². The van der Waals surface area contributed by atoms with Crippen LogP contribution in [0.4, 0.5) is 24.5 Å². The number of morpholine rings is 1. The van der Waals surface area contributed by atoms with Crippen molar-refractivity contribution in [3.63, 3.8) is 0 Å². The van der Waals surface area contributed by atoms with Crippen molar-refractivity contribution in [3.05, 3.63) is 53.6 Å². The molecule has 0 spiro atoms. The van der Waals surface area contributed by atoms with Crippen molar-refractivity contribution < 1.29 is 27.4 Å². The molecule has 5 nitrogen and oxygen atoms in total. The SMILES string of the molecule is CC(C)COc1ccc(C(=O)Nc2cc(C(F)(F)F)ccc2N2CCOCC2)cc1. The molecule has 0 aromatic heterocycles. The molecule has 0 aliphatic carbocycles. The van der Waals surface area contributed by atoms with Crippen LogP contribution in [0, 0.1) is 5.92 Å². The summed E-state index contributed by atoms with van der Waals surface area (Å²) in [6, 6.07) is 9.93. The third-order valence-corrected chi connectivity index (χ3v) is 4.62. The van der Waals surface area contributed by atoms with E-state index < -0.39 is 17.6 Å². The van der Waals surface area contributed by atoms with Crippen LogP contribution < -0.4 is 15.0 Å². The minimum Gasteiger partial charge on any atom is -0.493 e. The van der Waals surface area contributed by atoms with E-state index in [0.29, 0.717) is 55.8 Å². The quantitative estimate of drug-likeness (QED) is 0.725. The molecule has 1 amide bonds. The van der Waals surface area contributed by atoms with Crippen LogP contribution in [0.1, 0.15) is 29.8 Å². The molecule has 0 bridgehead atoms. The highest BCUT2D eigenvalue weighted by atomic mass is 19.4. The molecule has 2 aromatic rings. The Morgan fingerprint density at radius 1 is 1.13 bits per heavy atom. The summed E-state index contributed by atoms with van der Waals surface area (Å²) < 4.78 is 50.6. The van der Waals surface area contributed by atoms with Gasteiger partial charge in [0, 0.05) is 18.7 Å². The average molecular weight is 422 g/mol. The van der Waals surface area contributed by atoms with Gasteiger partial charge < -0.3 is 19.7 Å². The van der Waals surface area contributed by atoms with E-state index in [2.05, 4.69) is 5.32 Å². The van der Waals surface area contributed by atoms with E-state index in [1.807, 2.05) is 18.7 Å². The van der Waals surface area contributed by atoms with E-state index in [1.165, 1.54) is 6.07 Å². The second kappa shape index (κ2) is 9.38. The lowest BCUT2D eigenvalue weighted by Gasteiger charge is -2.31. The number of anilines is 2. The normalized spacial score (nSPS) is 14.7. The summed E-state index contributed by atoms with van der Waals surface area (Å²) in [5, 5.41) is 2.64. The zero-order valence-corrected chi connectivity index (χ0v) is 17.0. The van der Waals surface area contributed by atoms with Crippen molar-refractivity contribution in [2.24, 2.45) is 5.92 Å². The number of carbonyl (C=O) groups excluding carboxylic acids is 1. The Balaban J connectivity index is 1.81. The van der Waals surface area contributed by atoms with Crippen LogP contribution >= 0.6 is 0 Å². The summed E-state index contributed by atoms with van der Waals surface area (Å²) in [5.74, 6) is 0.514. The number of carbonyl (C=O) groups is 1. The molecule has 1 N–H and O–H groups in total. The van der Waals surface area contributed by atoms with Crippen molar-refractivity contribution in [2.45, 2.75) is 20.0 Å². The molecule has 3 rings (SSSR count). The Bertz CT molecular complexity index is 861. The van der Waals surface area contributed by atoms with Gasteiger partial charge in [0.05, 0.1) is 36.8 Å². The first kappa shape index (κ1) is 22.0. The van der Waals surface area contributed by atoms with Gasteiger partial charge in [-0.1, -0.05) is 13.8 Å². The molecule has 1 saturated heterocycles. The molecule has 30 heavy (non-hydrogen) atoms. The minimum atomic E-state index is -4.50. The number of rotatable bonds is 6. The summed E-state index contributed by atoms with van der Waals surface area (Å²) in [6.07, 6.45) is -4.50. The fourth-order valence-corrected chi connectivity index (χ4v) is 3.05. The van der Waals surface area contributed by atoms with Gasteiger partial charge in [0.15, 0.2) is 0 Å². The van der Waals surface area contributed by atoms with Crippen molar-refractivity contribution in [1.29, 1.82) is 0 Å². The van der Waals surface area contributed by atoms with Gasteiger partial charge in [-0.3, -0.25) is 4.79 Å². The predicted octanol–water partition coefficient (Wildman–Crippen LogP) is 4.83. The number of benzene rings is 2. The molecule has 0 unspecified atom stereocenters. The molecular formula is C22H25F3N2O3. The third kappa shape index (κ3) is 5.66. The second-order valence-corrected chi connectivity index (χ2v) is 7.51. The average Bonchev–Trinajstić information content (AvgIpc) is 2.72. The number of halogens is 3. The first-order valence-electron chi connectivity index (χ1n) is 9.82. The van der Waals surface area contributed by atoms with Crippen LogP contribution in [-0.4, -0.2) is 38.8 Å². The van der Waals surface area contributed by atoms with Crippen molar-refractivity contribution >= 4 is 17.3 Å². The Hall–Kier alpha value is -2.74. The summed E-state index contributed by atoms with van der Waals surface area (Å²) in [4.78, 5) is 14.6. The van der Waals surface area contributed by atoms with E-state index >= 15 is 0 Å². The van der Waals surface area contributed by atoms with Gasteiger partial charge in [-0.25, -0.2) is 0 Å². The highest BCUT2D eigenvalue weighted by Crippen LogP contribution is 2.36. The predicted molar refractivity (Wildman–Crippen MR) is 109 cm³/mol. The lowest BCUT2D eigenvalue weighted by atomic mass is 10.1. The van der Waals surface area contributed by atoms with Gasteiger partial charge in [-0.05, 0) is 48.4 Å². The first-order chi connectivity index (χ1) is 14.2. The Morgan fingerprint density at radius 3 is 2.40 bits per heavy atom. The monoisotopic (exact) mass is 422 g/mol. The third-order valence-electron chi connectivity index (χ3n) is 4.62. The summed E-state index contributed by atoms with van der Waals surface area (Å²) >= 11 is 0. The van der Waals surface area contributed by atoms with Gasteiger partial charge in [0.25, 0.3) is 5.91 Å². The maximum atomic E-state index is 13.2. The Labute approximate surface area is 173 Å². The van der Waals surface area contributed by atoms with Crippen LogP contribution in [0.15, 0.2) is 42.5 Å². The van der Waals surface area contributed by atoms with Crippen LogP contribution in [0.3, 0.4) is 0 Å². The van der Waals surface area contributed by atoms with E-state index in [4.69, 9.17) is 9.47 Å². The molecule has 1 aliphatic rings. The van der Waals surface area contributed by atoms with Gasteiger partial charge >= 0.3 is 6.18 Å². The van der Waals surface area contributed by atoms with E-state index in [0.717, 1.165) is 12.1 Å². The molecule has 162 valence electrons. The number of alkyl halides is 3. The smallest absolute Gasteiger partial charge is 0.416 e. The number of nitrogens with one attached hydrogen (secondary N) is 1. The zero-order chi connectivity index (χ0) is 21.7. The van der Waals surface area contributed by atoms with E-state index in [-0.39, 0.29) is 5.69 Å². The number of ether oxygens (including phenoxy) is 2. The van der Waals surface area contributed by atoms with Crippen molar-refractivity contribution in [2.75, 3.05) is 43.1 Å². The zero-order valence-electron chi connectivity index (χ0n) is 17.0. The number of hydrogen-bond acceptors (Lipinski definition) is 4. The maximum Gasteiger partial charge on any atom is 0.416 e. The molecule has 1 aliphatic heterocycles. The fraction of sp³-hybridized carbons (Fsp3) is 0.409. The molecule has 0 atom stereocenters. The molecule has 0 radical (unpaired) electrons. The largest absolute Gasteiger partial charge is 0.493 e. The van der Waals surface area contributed by atoms with Gasteiger partial charge in [-0.2, -0.15) is 13.2 Å². The minimum absolute atomic E-state index is 0.122. The molecule has 8 heteroatoms. The van der Waals surface area contributed by atoms with Crippen LogP contribution in [0.2, 0.25) is 0 Å². The molecule has 2 aromatic carbocycles. The number of nitrogens with zero attached hydrogens (tertiary/aromatic N) is 1. The van der Waals surface area contributed by atoms with Gasteiger partial charge in [0.1, 0.15) is 5.75 Å². The fourth-order valence-electron chi connectivity index (χ4n) is 3.05. The van der Waals surface area contributed by atoms with Crippen LogP contribution in [0.25, 0.3) is 0 Å². The summed E-state index contributed by atoms with van der Waals surface area (Å²) in [5.41, 5.74) is 0.179. The lowest BCUT2D eigenvalue weighted by molar-refractivity contribution is -0.137. The maximum absolute atomic E-state index is 13.2. The topological polar surface area (TPSA) is 50.8 Å². The van der Waals surface area contributed by atoms with E-state index in [9.17, 15) is 18.0 Å². The van der Waals surface area contributed by atoms with Crippen LogP contribution in [0.5, 0.6) is 5.75 Å². The molecular weight excluding hydrogens is 397 g/mol. The number of hydrogen-bond donors (Lipinski definition) is 1. The molecule has 0 saturated carbocycles. The lowest BCUT2D eigenvalue weighted by Crippen LogP contribution is -2.36. The summed E-state index contributed by atoms with van der Waals surface area (Å²) in [7, 11) is 0. The summed E-state index contributed by atoms with van der Waals surface area (Å²) in [6.45, 7) is 6.65. The Kier molecular flexibility index (Phi) is 6.87. The van der Waals surface area contributed by atoms with Gasteiger partial charge in [-0.15, -0.1) is 0 Å². The second-order valence-electron chi connectivity index (χ2n) is 7.51. The van der Waals surface area contributed by atoms with Crippen molar-refractivity contribution in [3.8, 4) is 5.75 Å². The number of amides is 1. The van der Waals surface area contributed by atoms with E-state index in [1.54, 1.807) is 24.3 Å². The highest BCUT2D eigenvalue weighted by Gasteiger charge is 2.32. The highest BCUT2D eigenvalue weighted by molar-refractivity contribution is 6.06. The van der Waals surface area contributed by atoms with Crippen LogP contribution in [-0.2, 0) is 10.9 Å². The Morgan fingerprint density at radius 2 is 1.80 bits per heavy atom.